The number of halogens is 3. The van der Waals surface area contributed by atoms with E-state index in [0.29, 0.717) is 16.8 Å². The van der Waals surface area contributed by atoms with Crippen LogP contribution in [-0.2, 0) is 9.84 Å². The van der Waals surface area contributed by atoms with Crippen molar-refractivity contribution in [3.05, 3.63) is 67.6 Å². The molecule has 0 aliphatic carbocycles. The molecule has 0 atom stereocenters. The summed E-state index contributed by atoms with van der Waals surface area (Å²) in [6, 6.07) is 6.29. The Kier molecular flexibility index (Phi) is 4.76. The molecule has 0 radical (unpaired) electrons. The van der Waals surface area contributed by atoms with Crippen LogP contribution in [0.3, 0.4) is 0 Å². The Balaban J connectivity index is 2.26. The van der Waals surface area contributed by atoms with Gasteiger partial charge in [-0.15, -0.1) is 0 Å². The summed E-state index contributed by atoms with van der Waals surface area (Å²) in [4.78, 5) is 11.1. The van der Waals surface area contributed by atoms with Gasteiger partial charge < -0.3 is 0 Å². The highest BCUT2D eigenvalue weighted by molar-refractivity contribution is 7.90. The Morgan fingerprint density at radius 2 is 1.81 bits per heavy atom. The predicted octanol–water partition coefficient (Wildman–Crippen LogP) is 4.21. The van der Waals surface area contributed by atoms with Crippen LogP contribution >= 0.6 is 22.9 Å². The van der Waals surface area contributed by atoms with Crippen molar-refractivity contribution < 1.29 is 17.2 Å². The van der Waals surface area contributed by atoms with E-state index < -0.39 is 31.2 Å². The first-order chi connectivity index (χ1) is 12.1. The van der Waals surface area contributed by atoms with E-state index in [2.05, 4.69) is 0 Å². The first-order valence-electron chi connectivity index (χ1n) is 7.26. The molecule has 1 aromatic heterocycles. The average Bonchev–Trinajstić information content (AvgIpc) is 2.92. The van der Waals surface area contributed by atoms with Crippen molar-refractivity contribution in [2.45, 2.75) is 11.8 Å². The molecule has 1 heterocycles. The fourth-order valence-corrected chi connectivity index (χ4v) is 4.13. The van der Waals surface area contributed by atoms with Crippen LogP contribution in [0.4, 0.5) is 8.78 Å². The molecule has 0 amide bonds. The van der Waals surface area contributed by atoms with Gasteiger partial charge in [0.15, 0.2) is 9.84 Å². The first kappa shape index (κ1) is 18.8. The summed E-state index contributed by atoms with van der Waals surface area (Å²) in [6.07, 6.45) is 0.791. The van der Waals surface area contributed by atoms with Crippen molar-refractivity contribution in [1.82, 2.24) is 4.57 Å². The molecule has 0 unspecified atom stereocenters. The molecule has 0 bridgehead atoms. The molecule has 26 heavy (non-hydrogen) atoms. The Hall–Kier alpha value is -2.03. The first-order valence-corrected chi connectivity index (χ1v) is 10.4. The van der Waals surface area contributed by atoms with Gasteiger partial charge in [-0.25, -0.2) is 17.2 Å². The Morgan fingerprint density at radius 1 is 1.12 bits per heavy atom. The molecule has 2 aromatic carbocycles. The van der Waals surface area contributed by atoms with Crippen LogP contribution in [0.25, 0.3) is 16.9 Å². The molecule has 136 valence electrons. The second kappa shape index (κ2) is 6.61. The number of hydrogen-bond acceptors (Lipinski definition) is 4. The van der Waals surface area contributed by atoms with Gasteiger partial charge in [0.25, 0.3) is 0 Å². The molecule has 0 saturated carbocycles. The minimum Gasteiger partial charge on any atom is -0.267 e. The largest absolute Gasteiger partial charge is 0.312 e. The maximum absolute atomic E-state index is 14.5. The Labute approximate surface area is 157 Å². The fraction of sp³-hybridized carbons (Fsp3) is 0.118. The van der Waals surface area contributed by atoms with Crippen LogP contribution in [0.1, 0.15) is 5.56 Å². The third-order valence-electron chi connectivity index (χ3n) is 3.81. The van der Waals surface area contributed by atoms with Crippen LogP contribution < -0.4 is 4.87 Å². The van der Waals surface area contributed by atoms with Gasteiger partial charge in [0.2, 0.25) is 0 Å². The van der Waals surface area contributed by atoms with E-state index in [0.717, 1.165) is 29.2 Å². The van der Waals surface area contributed by atoms with Crippen molar-refractivity contribution in [2.24, 2.45) is 0 Å². The number of sulfone groups is 1. The van der Waals surface area contributed by atoms with Gasteiger partial charge in [0, 0.05) is 22.2 Å². The van der Waals surface area contributed by atoms with Gasteiger partial charge in [0.1, 0.15) is 16.5 Å². The molecule has 9 heteroatoms. The highest BCUT2D eigenvalue weighted by Crippen LogP contribution is 2.30. The van der Waals surface area contributed by atoms with E-state index in [-0.39, 0.29) is 11.3 Å². The molecule has 3 rings (SSSR count). The van der Waals surface area contributed by atoms with Crippen molar-refractivity contribution in [3.8, 4) is 16.9 Å². The highest BCUT2D eigenvalue weighted by Gasteiger charge is 2.21. The molecular weight excluding hydrogens is 404 g/mol. The number of rotatable bonds is 3. The minimum atomic E-state index is -3.92. The van der Waals surface area contributed by atoms with Crippen LogP contribution in [0.2, 0.25) is 5.02 Å². The number of hydrogen-bond donors (Lipinski definition) is 0. The van der Waals surface area contributed by atoms with E-state index >= 15 is 0 Å². The molecule has 4 nitrogen and oxygen atoms in total. The third kappa shape index (κ3) is 3.32. The number of aryl methyl sites for hydroxylation is 1. The zero-order valence-electron chi connectivity index (χ0n) is 13.6. The van der Waals surface area contributed by atoms with Crippen molar-refractivity contribution in [1.29, 1.82) is 0 Å². The number of aromatic nitrogens is 1. The van der Waals surface area contributed by atoms with E-state index in [4.69, 9.17) is 11.6 Å². The summed E-state index contributed by atoms with van der Waals surface area (Å²) in [5.74, 6) is -2.03. The van der Waals surface area contributed by atoms with E-state index in [1.807, 2.05) is 0 Å². The van der Waals surface area contributed by atoms with E-state index in [1.165, 1.54) is 9.95 Å². The standard InChI is InChI=1S/C17H12ClF2NO3S2/c1-9-3-4-10(5-12(9)18)21-15(8-25-17(21)22)11-6-14(20)16(7-13(11)19)26(2,23)24/h3-8H,1-2H3. The second-order valence-electron chi connectivity index (χ2n) is 5.69. The lowest BCUT2D eigenvalue weighted by Gasteiger charge is -2.11. The van der Waals surface area contributed by atoms with Crippen molar-refractivity contribution in [2.75, 3.05) is 6.26 Å². The van der Waals surface area contributed by atoms with Crippen LogP contribution in [0.15, 0.2) is 45.4 Å². The topological polar surface area (TPSA) is 56.1 Å². The van der Waals surface area contributed by atoms with Gasteiger partial charge >= 0.3 is 4.87 Å². The SMILES string of the molecule is Cc1ccc(-n2c(-c3cc(F)c(S(C)(=O)=O)cc3F)csc2=O)cc1Cl. The lowest BCUT2D eigenvalue weighted by molar-refractivity contribution is 0.557. The maximum Gasteiger partial charge on any atom is 0.312 e. The van der Waals surface area contributed by atoms with E-state index in [9.17, 15) is 22.0 Å². The summed E-state index contributed by atoms with van der Waals surface area (Å²) < 4.78 is 53.0. The molecule has 0 saturated heterocycles. The maximum atomic E-state index is 14.5. The molecule has 0 aliphatic heterocycles. The third-order valence-corrected chi connectivity index (χ3v) is 6.05. The minimum absolute atomic E-state index is 0.108. The van der Waals surface area contributed by atoms with Gasteiger partial charge in [-0.3, -0.25) is 9.36 Å². The number of thiazole rings is 1. The van der Waals surface area contributed by atoms with Gasteiger partial charge in [0.05, 0.1) is 11.4 Å². The summed E-state index contributed by atoms with van der Waals surface area (Å²) in [5, 5.41) is 1.80. The molecule has 0 spiro atoms. The summed E-state index contributed by atoms with van der Waals surface area (Å²) >= 11 is 6.91. The molecule has 0 fully saturated rings. The van der Waals surface area contributed by atoms with Crippen LogP contribution in [-0.4, -0.2) is 19.2 Å². The smallest absolute Gasteiger partial charge is 0.267 e. The summed E-state index contributed by atoms with van der Waals surface area (Å²) in [7, 11) is -3.92. The second-order valence-corrected chi connectivity index (χ2v) is 8.90. The Bertz CT molecular complexity index is 1180. The Morgan fingerprint density at radius 3 is 2.42 bits per heavy atom. The quantitative estimate of drug-likeness (QED) is 0.644. The van der Waals surface area contributed by atoms with Crippen molar-refractivity contribution >= 4 is 32.8 Å². The van der Waals surface area contributed by atoms with Crippen LogP contribution in [0.5, 0.6) is 0 Å². The number of benzene rings is 2. The molecule has 0 N–H and O–H groups in total. The predicted molar refractivity (Wildman–Crippen MR) is 98.1 cm³/mol. The molecular formula is C17H12ClF2NO3S2. The van der Waals surface area contributed by atoms with E-state index in [1.54, 1.807) is 25.1 Å². The average molecular weight is 416 g/mol. The number of nitrogens with zero attached hydrogens (tertiary/aromatic N) is 1. The molecule has 3 aromatic rings. The summed E-state index contributed by atoms with van der Waals surface area (Å²) in [6.45, 7) is 1.79. The fourth-order valence-electron chi connectivity index (χ4n) is 2.47. The lowest BCUT2D eigenvalue weighted by atomic mass is 10.1. The van der Waals surface area contributed by atoms with Gasteiger partial charge in [-0.1, -0.05) is 29.0 Å². The zero-order chi connectivity index (χ0) is 19.2. The van der Waals surface area contributed by atoms with Gasteiger partial charge in [-0.2, -0.15) is 0 Å². The van der Waals surface area contributed by atoms with Crippen molar-refractivity contribution in [3.63, 3.8) is 0 Å². The van der Waals surface area contributed by atoms with Gasteiger partial charge in [-0.05, 0) is 36.8 Å². The monoisotopic (exact) mass is 415 g/mol. The highest BCUT2D eigenvalue weighted by atomic mass is 35.5. The normalized spacial score (nSPS) is 11.7. The lowest BCUT2D eigenvalue weighted by Crippen LogP contribution is -2.13. The summed E-state index contributed by atoms with van der Waals surface area (Å²) in [5.41, 5.74) is 1.09. The van der Waals surface area contributed by atoms with Crippen LogP contribution in [0, 0.1) is 18.6 Å². The molecule has 0 aliphatic rings. The zero-order valence-corrected chi connectivity index (χ0v) is 16.0.